The first kappa shape index (κ1) is 11.5. The number of hydrogen-bond acceptors (Lipinski definition) is 2. The summed E-state index contributed by atoms with van der Waals surface area (Å²) in [4.78, 5) is 0. The van der Waals surface area contributed by atoms with Gasteiger partial charge in [-0.05, 0) is 12.5 Å². The van der Waals surface area contributed by atoms with E-state index in [4.69, 9.17) is 0 Å². The lowest BCUT2D eigenvalue weighted by molar-refractivity contribution is 0.129. The van der Waals surface area contributed by atoms with Crippen molar-refractivity contribution in [2.24, 2.45) is 0 Å². The van der Waals surface area contributed by atoms with Gasteiger partial charge in [-0.15, -0.1) is 0 Å². The fourth-order valence-corrected chi connectivity index (χ4v) is 1.58. The second-order valence-corrected chi connectivity index (χ2v) is 3.31. The minimum absolute atomic E-state index is 0.940. The molecule has 0 radical (unpaired) electrons. The summed E-state index contributed by atoms with van der Waals surface area (Å²) in [7, 11) is 2.05. The summed E-state index contributed by atoms with van der Waals surface area (Å²) in [6.45, 7) is 10.5. The lowest BCUT2D eigenvalue weighted by atomic mass is 10.1. The molecule has 1 aliphatic rings. The van der Waals surface area contributed by atoms with E-state index in [1.165, 1.54) is 0 Å². The Bertz CT molecular complexity index is 334. The van der Waals surface area contributed by atoms with Gasteiger partial charge in [-0.2, -0.15) is 0 Å². The molecule has 0 aromatic carbocycles. The molecule has 0 bridgehead atoms. The molecule has 0 aromatic rings. The van der Waals surface area contributed by atoms with Gasteiger partial charge in [0.15, 0.2) is 0 Å². The van der Waals surface area contributed by atoms with Crippen molar-refractivity contribution in [2.45, 2.75) is 6.92 Å². The maximum atomic E-state index is 3.82. The zero-order valence-electron chi connectivity index (χ0n) is 9.48. The molecule has 0 fully saturated rings. The van der Waals surface area contributed by atoms with E-state index < -0.39 is 0 Å². The van der Waals surface area contributed by atoms with Gasteiger partial charge in [-0.1, -0.05) is 43.5 Å². The van der Waals surface area contributed by atoms with Crippen LogP contribution in [0.5, 0.6) is 0 Å². The topological polar surface area (TPSA) is 6.48 Å². The summed E-state index contributed by atoms with van der Waals surface area (Å²) in [6.07, 6.45) is 11.8. The molecule has 1 aliphatic heterocycles. The van der Waals surface area contributed by atoms with Crippen LogP contribution in [-0.2, 0) is 0 Å². The van der Waals surface area contributed by atoms with Crippen LogP contribution in [0.3, 0.4) is 0 Å². The van der Waals surface area contributed by atoms with Gasteiger partial charge in [-0.3, -0.25) is 5.01 Å². The summed E-state index contributed by atoms with van der Waals surface area (Å²) >= 11 is 0. The lowest BCUT2D eigenvalue weighted by Gasteiger charge is -2.28. The van der Waals surface area contributed by atoms with Crippen LogP contribution in [-0.4, -0.2) is 23.6 Å². The summed E-state index contributed by atoms with van der Waals surface area (Å²) in [5.41, 5.74) is 2.20. The van der Waals surface area contributed by atoms with Crippen molar-refractivity contribution in [1.82, 2.24) is 10.0 Å². The van der Waals surface area contributed by atoms with Gasteiger partial charge in [-0.25, -0.2) is 5.01 Å². The predicted molar refractivity (Wildman–Crippen MR) is 65.8 cm³/mol. The Hall–Kier alpha value is -1.54. The second kappa shape index (κ2) is 5.37. The molecule has 80 valence electrons. The van der Waals surface area contributed by atoms with Crippen molar-refractivity contribution >= 4 is 0 Å². The summed E-state index contributed by atoms with van der Waals surface area (Å²) in [5, 5.41) is 4.24. The highest BCUT2D eigenvalue weighted by Gasteiger charge is 2.16. The van der Waals surface area contributed by atoms with E-state index in [9.17, 15) is 0 Å². The van der Waals surface area contributed by atoms with E-state index in [2.05, 4.69) is 48.6 Å². The maximum Gasteiger partial charge on any atom is 0.0602 e. The van der Waals surface area contributed by atoms with Crippen molar-refractivity contribution in [2.75, 3.05) is 13.6 Å². The van der Waals surface area contributed by atoms with E-state index in [0.717, 1.165) is 17.8 Å². The first-order valence-corrected chi connectivity index (χ1v) is 5.03. The van der Waals surface area contributed by atoms with E-state index in [0.29, 0.717) is 0 Å². The van der Waals surface area contributed by atoms with Crippen LogP contribution < -0.4 is 0 Å². The van der Waals surface area contributed by atoms with Crippen LogP contribution in [0.15, 0.2) is 61.0 Å². The Balaban J connectivity index is 2.98. The molecular formula is C13H18N2. The summed E-state index contributed by atoms with van der Waals surface area (Å²) in [5.74, 6) is 0. The molecule has 0 aliphatic carbocycles. The van der Waals surface area contributed by atoms with Gasteiger partial charge in [0.2, 0.25) is 0 Å². The number of likely N-dealkylation sites (N-methyl/N-ethyl adjacent to an activating group) is 1. The maximum absolute atomic E-state index is 3.82. The van der Waals surface area contributed by atoms with Gasteiger partial charge in [0.1, 0.15) is 0 Å². The molecule has 0 saturated carbocycles. The van der Waals surface area contributed by atoms with Gasteiger partial charge < -0.3 is 0 Å². The molecule has 1 heterocycles. The molecular weight excluding hydrogens is 184 g/mol. The SMILES string of the molecule is C=C/C=C(C=C)\C(=C/C)N1C=CCN1C. The Labute approximate surface area is 92.2 Å². The standard InChI is InChI=1S/C13H18N2/c1-5-9-12(6-2)13(7-3)15-11-8-10-14(15)4/h5-9,11H,1-2,10H2,3-4H3/b12-9-,13-7+. The third-order valence-corrected chi connectivity index (χ3v) is 2.32. The molecule has 0 aromatic heterocycles. The Kier molecular flexibility index (Phi) is 4.13. The zero-order chi connectivity index (χ0) is 11.3. The largest absolute Gasteiger partial charge is 0.282 e. The predicted octanol–water partition coefficient (Wildman–Crippen LogP) is 2.86. The van der Waals surface area contributed by atoms with Crippen molar-refractivity contribution in [3.05, 3.63) is 61.0 Å². The van der Waals surface area contributed by atoms with Gasteiger partial charge in [0.25, 0.3) is 0 Å². The number of allylic oxidation sites excluding steroid dienone is 4. The van der Waals surface area contributed by atoms with Crippen LogP contribution in [0.4, 0.5) is 0 Å². The number of hydrogen-bond donors (Lipinski definition) is 0. The lowest BCUT2D eigenvalue weighted by Crippen LogP contribution is -2.31. The highest BCUT2D eigenvalue weighted by molar-refractivity contribution is 5.40. The fourth-order valence-electron chi connectivity index (χ4n) is 1.58. The van der Waals surface area contributed by atoms with Gasteiger partial charge in [0, 0.05) is 19.8 Å². The normalized spacial score (nSPS) is 18.4. The second-order valence-electron chi connectivity index (χ2n) is 3.31. The summed E-state index contributed by atoms with van der Waals surface area (Å²) in [6, 6.07) is 0. The van der Waals surface area contributed by atoms with Crippen LogP contribution in [0, 0.1) is 0 Å². The quantitative estimate of drug-likeness (QED) is 0.647. The molecule has 0 N–H and O–H groups in total. The van der Waals surface area contributed by atoms with E-state index in [1.54, 1.807) is 6.08 Å². The molecule has 2 nitrogen and oxygen atoms in total. The Morgan fingerprint density at radius 1 is 1.40 bits per heavy atom. The van der Waals surface area contributed by atoms with Crippen molar-refractivity contribution in [3.63, 3.8) is 0 Å². The number of nitrogens with zero attached hydrogens (tertiary/aromatic N) is 2. The van der Waals surface area contributed by atoms with Crippen molar-refractivity contribution in [3.8, 4) is 0 Å². The average Bonchev–Trinajstić information content (AvgIpc) is 2.65. The Morgan fingerprint density at radius 2 is 2.13 bits per heavy atom. The minimum Gasteiger partial charge on any atom is -0.282 e. The number of hydrazine groups is 1. The average molecular weight is 202 g/mol. The first-order valence-electron chi connectivity index (χ1n) is 5.03. The molecule has 0 saturated heterocycles. The number of rotatable bonds is 4. The van der Waals surface area contributed by atoms with Gasteiger partial charge >= 0.3 is 0 Å². The molecule has 0 unspecified atom stereocenters. The molecule has 0 amide bonds. The Morgan fingerprint density at radius 3 is 2.53 bits per heavy atom. The van der Waals surface area contributed by atoms with E-state index >= 15 is 0 Å². The first-order chi connectivity index (χ1) is 7.24. The third-order valence-electron chi connectivity index (χ3n) is 2.32. The van der Waals surface area contributed by atoms with Crippen molar-refractivity contribution in [1.29, 1.82) is 0 Å². The highest BCUT2D eigenvalue weighted by Crippen LogP contribution is 2.21. The fraction of sp³-hybridized carbons (Fsp3) is 0.231. The smallest absolute Gasteiger partial charge is 0.0602 e. The van der Waals surface area contributed by atoms with Crippen LogP contribution in [0.2, 0.25) is 0 Å². The molecule has 1 rings (SSSR count). The summed E-state index contributed by atoms with van der Waals surface area (Å²) < 4.78 is 0. The van der Waals surface area contributed by atoms with E-state index in [-0.39, 0.29) is 0 Å². The van der Waals surface area contributed by atoms with E-state index in [1.807, 2.05) is 19.1 Å². The monoisotopic (exact) mass is 202 g/mol. The highest BCUT2D eigenvalue weighted by atomic mass is 15.6. The van der Waals surface area contributed by atoms with Gasteiger partial charge in [0.05, 0.1) is 5.70 Å². The van der Waals surface area contributed by atoms with Crippen LogP contribution in [0.25, 0.3) is 0 Å². The molecule has 0 spiro atoms. The van der Waals surface area contributed by atoms with Crippen LogP contribution >= 0.6 is 0 Å². The minimum atomic E-state index is 0.940. The van der Waals surface area contributed by atoms with Crippen LogP contribution in [0.1, 0.15) is 6.92 Å². The third kappa shape index (κ3) is 2.48. The molecule has 0 atom stereocenters. The molecule has 2 heteroatoms. The zero-order valence-corrected chi connectivity index (χ0v) is 9.48. The molecule has 15 heavy (non-hydrogen) atoms. The van der Waals surface area contributed by atoms with Crippen molar-refractivity contribution < 1.29 is 0 Å².